The molecule has 1 amide bonds. The van der Waals surface area contributed by atoms with E-state index in [-0.39, 0.29) is 5.91 Å². The maximum Gasteiger partial charge on any atom is 0.232 e. The number of aromatic nitrogens is 2. The number of anilines is 3. The molecule has 29 heavy (non-hydrogen) atoms. The zero-order valence-corrected chi connectivity index (χ0v) is 16.6. The Balaban J connectivity index is 1.60. The van der Waals surface area contributed by atoms with Crippen LogP contribution < -0.4 is 9.80 Å². The van der Waals surface area contributed by atoms with Gasteiger partial charge in [0.15, 0.2) is 0 Å². The lowest BCUT2D eigenvalue weighted by Crippen LogP contribution is -2.48. The fourth-order valence-corrected chi connectivity index (χ4v) is 3.55. The van der Waals surface area contributed by atoms with E-state index in [1.807, 2.05) is 53.6 Å². The number of amides is 1. The first-order valence-corrected chi connectivity index (χ1v) is 9.91. The van der Waals surface area contributed by atoms with Gasteiger partial charge in [-0.05, 0) is 23.8 Å². The monoisotopic (exact) mass is 387 g/mol. The molecule has 0 atom stereocenters. The fourth-order valence-electron chi connectivity index (χ4n) is 3.55. The third-order valence-electron chi connectivity index (χ3n) is 5.17. The molecule has 1 fully saturated rings. The van der Waals surface area contributed by atoms with Crippen LogP contribution in [0.5, 0.6) is 0 Å². The van der Waals surface area contributed by atoms with Crippen LogP contribution in [0.25, 0.3) is 0 Å². The Bertz CT molecular complexity index is 940. The molecule has 6 heteroatoms. The van der Waals surface area contributed by atoms with Gasteiger partial charge in [0, 0.05) is 45.0 Å². The average Bonchev–Trinajstić information content (AvgIpc) is 2.79. The molecule has 0 bridgehead atoms. The lowest BCUT2D eigenvalue weighted by atomic mass is 10.2. The van der Waals surface area contributed by atoms with Crippen LogP contribution in [0.3, 0.4) is 0 Å². The Morgan fingerprint density at radius 2 is 1.59 bits per heavy atom. The van der Waals surface area contributed by atoms with Crippen LogP contribution in [0.15, 0.2) is 72.9 Å². The summed E-state index contributed by atoms with van der Waals surface area (Å²) >= 11 is 0. The minimum atomic E-state index is 0.131. The van der Waals surface area contributed by atoms with Gasteiger partial charge in [0.1, 0.15) is 5.82 Å². The van der Waals surface area contributed by atoms with Gasteiger partial charge in [-0.15, -0.1) is 0 Å². The summed E-state index contributed by atoms with van der Waals surface area (Å²) in [7, 11) is 0. The van der Waals surface area contributed by atoms with E-state index >= 15 is 0 Å². The van der Waals surface area contributed by atoms with Crippen LogP contribution in [0.4, 0.5) is 17.5 Å². The highest BCUT2D eigenvalue weighted by Crippen LogP contribution is 2.26. The predicted octanol–water partition coefficient (Wildman–Crippen LogP) is 3.48. The molecule has 1 aliphatic rings. The number of benzene rings is 2. The normalized spacial score (nSPS) is 14.0. The zero-order valence-electron chi connectivity index (χ0n) is 16.6. The van der Waals surface area contributed by atoms with Crippen molar-refractivity contribution in [3.05, 3.63) is 78.5 Å². The van der Waals surface area contributed by atoms with Crippen LogP contribution >= 0.6 is 0 Å². The largest absolute Gasteiger partial charge is 0.353 e. The summed E-state index contributed by atoms with van der Waals surface area (Å²) in [4.78, 5) is 27.3. The van der Waals surface area contributed by atoms with Gasteiger partial charge in [-0.1, -0.05) is 48.5 Å². The third-order valence-corrected chi connectivity index (χ3v) is 5.17. The highest BCUT2D eigenvalue weighted by atomic mass is 16.2. The van der Waals surface area contributed by atoms with Gasteiger partial charge in [0.25, 0.3) is 0 Å². The molecule has 0 radical (unpaired) electrons. The summed E-state index contributed by atoms with van der Waals surface area (Å²) in [5.74, 6) is 1.70. The topological polar surface area (TPSA) is 52.6 Å². The van der Waals surface area contributed by atoms with E-state index in [2.05, 4.69) is 39.0 Å². The number of nitrogens with zero attached hydrogens (tertiary/aromatic N) is 5. The molecule has 1 aromatic heterocycles. The molecule has 0 unspecified atom stereocenters. The van der Waals surface area contributed by atoms with Gasteiger partial charge in [-0.3, -0.25) is 4.79 Å². The first-order valence-electron chi connectivity index (χ1n) is 9.91. The number of carbonyl (C=O) groups is 1. The van der Waals surface area contributed by atoms with Crippen molar-refractivity contribution in [3.63, 3.8) is 0 Å². The molecule has 2 aromatic carbocycles. The maximum atomic E-state index is 11.6. The van der Waals surface area contributed by atoms with Crippen LogP contribution in [-0.4, -0.2) is 47.0 Å². The molecule has 6 nitrogen and oxygen atoms in total. The molecule has 1 saturated heterocycles. The lowest BCUT2D eigenvalue weighted by Gasteiger charge is -2.35. The standard InChI is InChI=1S/C23H25N5O/c1-19(29)26-14-16-27(17-15-26)22-12-13-24-23(25-22)28(21-10-6-3-7-11-21)18-20-8-4-2-5-9-20/h2-13H,14-18H2,1H3. The SMILES string of the molecule is CC(=O)N1CCN(c2ccnc(N(Cc3ccccc3)c3ccccc3)n2)CC1. The van der Waals surface area contributed by atoms with Gasteiger partial charge >= 0.3 is 0 Å². The quantitative estimate of drug-likeness (QED) is 0.671. The van der Waals surface area contributed by atoms with E-state index < -0.39 is 0 Å². The highest BCUT2D eigenvalue weighted by molar-refractivity contribution is 5.73. The zero-order chi connectivity index (χ0) is 20.1. The van der Waals surface area contributed by atoms with E-state index in [0.29, 0.717) is 12.5 Å². The Morgan fingerprint density at radius 3 is 2.24 bits per heavy atom. The van der Waals surface area contributed by atoms with Crippen molar-refractivity contribution in [2.24, 2.45) is 0 Å². The molecular weight excluding hydrogens is 362 g/mol. The van der Waals surface area contributed by atoms with Crippen molar-refractivity contribution in [1.29, 1.82) is 0 Å². The van der Waals surface area contributed by atoms with E-state index in [1.165, 1.54) is 5.56 Å². The highest BCUT2D eigenvalue weighted by Gasteiger charge is 2.21. The molecule has 0 N–H and O–H groups in total. The number of hydrogen-bond acceptors (Lipinski definition) is 5. The molecule has 2 heterocycles. The van der Waals surface area contributed by atoms with Gasteiger partial charge in [-0.2, -0.15) is 4.98 Å². The smallest absolute Gasteiger partial charge is 0.232 e. The van der Waals surface area contributed by atoms with Crippen LogP contribution in [-0.2, 0) is 11.3 Å². The van der Waals surface area contributed by atoms with Gasteiger partial charge in [-0.25, -0.2) is 4.98 Å². The molecule has 1 aliphatic heterocycles. The number of carbonyl (C=O) groups excluding carboxylic acids is 1. The number of para-hydroxylation sites is 1. The Morgan fingerprint density at radius 1 is 0.931 bits per heavy atom. The second kappa shape index (κ2) is 8.73. The first kappa shape index (κ1) is 18.9. The third kappa shape index (κ3) is 4.54. The van der Waals surface area contributed by atoms with Crippen molar-refractivity contribution in [2.45, 2.75) is 13.5 Å². The van der Waals surface area contributed by atoms with Gasteiger partial charge in [0.05, 0.1) is 6.54 Å². The fraction of sp³-hybridized carbons (Fsp3) is 0.261. The molecular formula is C23H25N5O. The summed E-state index contributed by atoms with van der Waals surface area (Å²) in [6.45, 7) is 5.31. The van der Waals surface area contributed by atoms with Crippen LogP contribution in [0.1, 0.15) is 12.5 Å². The second-order valence-corrected chi connectivity index (χ2v) is 7.12. The molecule has 0 aliphatic carbocycles. The van der Waals surface area contributed by atoms with Crippen molar-refractivity contribution >= 4 is 23.4 Å². The van der Waals surface area contributed by atoms with Gasteiger partial charge in [0.2, 0.25) is 11.9 Å². The van der Waals surface area contributed by atoms with Crippen LogP contribution in [0.2, 0.25) is 0 Å². The Hall–Kier alpha value is -3.41. The summed E-state index contributed by atoms with van der Waals surface area (Å²) in [6.07, 6.45) is 1.82. The predicted molar refractivity (Wildman–Crippen MR) is 115 cm³/mol. The number of rotatable bonds is 5. The van der Waals surface area contributed by atoms with Crippen molar-refractivity contribution in [2.75, 3.05) is 36.0 Å². The van der Waals surface area contributed by atoms with Gasteiger partial charge < -0.3 is 14.7 Å². The first-order chi connectivity index (χ1) is 14.2. The summed E-state index contributed by atoms with van der Waals surface area (Å²) in [5.41, 5.74) is 2.25. The second-order valence-electron chi connectivity index (χ2n) is 7.12. The Labute approximate surface area is 171 Å². The minimum Gasteiger partial charge on any atom is -0.353 e. The summed E-state index contributed by atoms with van der Waals surface area (Å²) in [6, 6.07) is 22.5. The summed E-state index contributed by atoms with van der Waals surface area (Å²) < 4.78 is 0. The van der Waals surface area contributed by atoms with E-state index in [9.17, 15) is 4.79 Å². The number of piperazine rings is 1. The average molecular weight is 387 g/mol. The van der Waals surface area contributed by atoms with E-state index in [0.717, 1.165) is 37.7 Å². The minimum absolute atomic E-state index is 0.131. The molecule has 0 saturated carbocycles. The number of hydrogen-bond donors (Lipinski definition) is 0. The molecule has 148 valence electrons. The molecule has 4 rings (SSSR count). The van der Waals surface area contributed by atoms with Crippen molar-refractivity contribution < 1.29 is 4.79 Å². The molecule has 3 aromatic rings. The van der Waals surface area contributed by atoms with Crippen LogP contribution in [0, 0.1) is 0 Å². The molecule has 0 spiro atoms. The van der Waals surface area contributed by atoms with Crippen molar-refractivity contribution in [1.82, 2.24) is 14.9 Å². The van der Waals surface area contributed by atoms with E-state index in [1.54, 1.807) is 6.92 Å². The maximum absolute atomic E-state index is 11.6. The lowest BCUT2D eigenvalue weighted by molar-refractivity contribution is -0.129. The summed E-state index contributed by atoms with van der Waals surface area (Å²) in [5, 5.41) is 0. The van der Waals surface area contributed by atoms with E-state index in [4.69, 9.17) is 4.98 Å². The van der Waals surface area contributed by atoms with Crippen molar-refractivity contribution in [3.8, 4) is 0 Å². The Kier molecular flexibility index (Phi) is 5.70.